The standard InChI is InChI=1S/C18H27FN2O2.C18H29N3O2.C10H19NO.C7H8ClFN2O/c1-18(8-12-5-16(23-2)6-13(12)9-18)4-3-17(22)21-11-14(19)7-15(21)10-20;1-12-4-15(9-19)21(11-12)17(22)10-20-18(2)7-13-5-16(23-3)6-14(13)8-18;1-10(11)5-7-3-9(12-2)4-8(7)6-10;8-2-7(12)11-4-5(9)1-6(11)3-10/h12-16H,3-9,11H2,1-2H3;12-16,20H,4-8,10-11H2,1-3H3;7-9H,3-6,11H2,1-2H3;5-6H,1-2,4H2/t12-,13+,14-,15-,16?,18?;12-,13-,14+,15-,16?,18?;7-,8+,9?,10?;5-,6-/m00.0/s1. The molecule has 0 aromatic carbocycles. The molecule has 3 N–H and O–H groups in total. The van der Waals surface area contributed by atoms with Gasteiger partial charge in [-0.2, -0.15) is 15.8 Å². The minimum Gasteiger partial charge on any atom is -0.381 e. The summed E-state index contributed by atoms with van der Waals surface area (Å²) in [5.41, 5.74) is 6.50. The van der Waals surface area contributed by atoms with Crippen LogP contribution in [0, 0.1) is 80.8 Å². The number of carbonyl (C=O) groups excluding carboxylic acids is 3. The van der Waals surface area contributed by atoms with E-state index in [2.05, 4.69) is 45.2 Å². The first-order valence-corrected chi connectivity index (χ1v) is 26.7. The van der Waals surface area contributed by atoms with Crippen LogP contribution in [0.15, 0.2) is 0 Å². The van der Waals surface area contributed by atoms with Crippen LogP contribution in [0.4, 0.5) is 8.78 Å². The van der Waals surface area contributed by atoms with Gasteiger partial charge in [-0.1, -0.05) is 13.8 Å². The molecule has 0 spiro atoms. The second-order valence-electron chi connectivity index (χ2n) is 23.9. The zero-order valence-electron chi connectivity index (χ0n) is 43.1. The lowest BCUT2D eigenvalue weighted by Gasteiger charge is -2.29. The Kier molecular flexibility index (Phi) is 19.4. The van der Waals surface area contributed by atoms with Crippen LogP contribution < -0.4 is 11.1 Å². The predicted octanol–water partition coefficient (Wildman–Crippen LogP) is 7.23. The molecule has 9 aliphatic rings. The molecule has 0 aromatic rings. The van der Waals surface area contributed by atoms with Crippen molar-refractivity contribution in [2.45, 2.75) is 197 Å². The van der Waals surface area contributed by atoms with Gasteiger partial charge in [0.15, 0.2) is 0 Å². The highest BCUT2D eigenvalue weighted by Gasteiger charge is 2.50. The van der Waals surface area contributed by atoms with Gasteiger partial charge in [0, 0.05) is 58.2 Å². The van der Waals surface area contributed by atoms with E-state index in [0.29, 0.717) is 37.2 Å². The molecule has 3 saturated heterocycles. The summed E-state index contributed by atoms with van der Waals surface area (Å²) < 4.78 is 42.5. The van der Waals surface area contributed by atoms with E-state index in [9.17, 15) is 28.4 Å². The number of fused-ring (bicyclic) bond motifs is 3. The number of hydrogen-bond acceptors (Lipinski definition) is 11. The monoisotopic (exact) mass is 1000 g/mol. The zero-order chi connectivity index (χ0) is 51.1. The molecule has 3 aliphatic heterocycles. The third-order valence-electron chi connectivity index (χ3n) is 17.9. The van der Waals surface area contributed by atoms with E-state index in [1.165, 1.54) is 35.5 Å². The van der Waals surface area contributed by atoms with Gasteiger partial charge in [0.05, 0.1) is 56.2 Å². The summed E-state index contributed by atoms with van der Waals surface area (Å²) >= 11 is 5.28. The number of nitriles is 3. The van der Waals surface area contributed by atoms with Crippen molar-refractivity contribution in [1.82, 2.24) is 20.0 Å². The quantitative estimate of drug-likeness (QED) is 0.210. The Morgan fingerprint density at radius 2 is 1.00 bits per heavy atom. The lowest BCUT2D eigenvalue weighted by molar-refractivity contribution is -0.132. The first-order valence-electron chi connectivity index (χ1n) is 26.2. The van der Waals surface area contributed by atoms with E-state index >= 15 is 0 Å². The molecule has 3 amide bonds. The summed E-state index contributed by atoms with van der Waals surface area (Å²) in [6, 6.07) is 4.75. The van der Waals surface area contributed by atoms with Gasteiger partial charge in [0.1, 0.15) is 36.3 Å². The minimum atomic E-state index is -1.08. The second-order valence-corrected chi connectivity index (χ2v) is 24.1. The topological polar surface area (TPSA) is 198 Å². The number of likely N-dealkylation sites (tertiary alicyclic amines) is 3. The van der Waals surface area contributed by atoms with Gasteiger partial charge in [0.2, 0.25) is 17.7 Å². The molecule has 18 atom stereocenters. The van der Waals surface area contributed by atoms with Crippen LogP contribution in [-0.4, -0.2) is 146 Å². The van der Waals surface area contributed by atoms with Crippen molar-refractivity contribution in [3.05, 3.63) is 0 Å². The molecule has 70 heavy (non-hydrogen) atoms. The Hall–Kier alpha value is -3.17. The molecule has 0 radical (unpaired) electrons. The molecule has 392 valence electrons. The van der Waals surface area contributed by atoms with Crippen molar-refractivity contribution in [3.63, 3.8) is 0 Å². The van der Waals surface area contributed by atoms with Crippen molar-refractivity contribution in [2.24, 2.45) is 52.6 Å². The Morgan fingerprint density at radius 3 is 1.41 bits per heavy atom. The van der Waals surface area contributed by atoms with Crippen LogP contribution >= 0.6 is 11.6 Å². The second kappa shape index (κ2) is 24.2. The van der Waals surface area contributed by atoms with Crippen molar-refractivity contribution in [3.8, 4) is 18.2 Å². The fraction of sp³-hybridized carbons (Fsp3) is 0.887. The molecule has 9 rings (SSSR count). The first-order chi connectivity index (χ1) is 33.2. The third-order valence-corrected chi connectivity index (χ3v) is 18.2. The average Bonchev–Trinajstić information content (AvgIpc) is 4.21. The fourth-order valence-electron chi connectivity index (χ4n) is 14.6. The number of methoxy groups -OCH3 is 3. The van der Waals surface area contributed by atoms with E-state index in [4.69, 9.17) is 42.1 Å². The van der Waals surface area contributed by atoms with Crippen molar-refractivity contribution in [2.75, 3.05) is 53.4 Å². The van der Waals surface area contributed by atoms with Crippen LogP contribution in [0.1, 0.15) is 137 Å². The first kappa shape index (κ1) is 56.1. The minimum absolute atomic E-state index is 0.00375. The number of alkyl halides is 3. The maximum absolute atomic E-state index is 13.5. The van der Waals surface area contributed by atoms with Crippen LogP contribution in [0.3, 0.4) is 0 Å². The number of hydrogen-bond donors (Lipinski definition) is 2. The molecule has 0 bridgehead atoms. The maximum Gasteiger partial charge on any atom is 0.238 e. The Bertz CT molecular complexity index is 1800. The molecule has 14 nitrogen and oxygen atoms in total. The van der Waals surface area contributed by atoms with Crippen LogP contribution in [-0.2, 0) is 28.6 Å². The normalized spacial score (nSPS) is 42.0. The smallest absolute Gasteiger partial charge is 0.238 e. The highest BCUT2D eigenvalue weighted by Crippen LogP contribution is 2.55. The molecule has 9 fully saturated rings. The third kappa shape index (κ3) is 14.1. The molecule has 17 heteroatoms. The largest absolute Gasteiger partial charge is 0.381 e. The van der Waals surface area contributed by atoms with Gasteiger partial charge in [-0.15, -0.1) is 11.6 Å². The molecule has 0 aromatic heterocycles. The van der Waals surface area contributed by atoms with E-state index in [1.807, 2.05) is 20.3 Å². The SMILES string of the molecule is COC1C[C@@H]2CC(C)(CCC(=O)N3C[C@@H](F)C[C@H]3C#N)C[C@@H]2C1.COC1C[C@@H]2CC(C)(N)C[C@@H]2C1.COC1C[C@@H]2CC(C)(NCC(=O)N3C[C@@H](C)C[C@H]3C#N)C[C@@H]2C1.N#C[C@@H]1C[C@H](F)CN1C(=O)CCl. The van der Waals surface area contributed by atoms with Crippen LogP contribution in [0.5, 0.6) is 0 Å². The maximum atomic E-state index is 13.5. The van der Waals surface area contributed by atoms with Crippen LogP contribution in [0.2, 0.25) is 0 Å². The molecular formula is C53H83ClF2N8O6. The van der Waals surface area contributed by atoms with E-state index < -0.39 is 24.4 Å². The summed E-state index contributed by atoms with van der Waals surface area (Å²) in [5, 5.41) is 30.3. The lowest BCUT2D eigenvalue weighted by Crippen LogP contribution is -2.48. The number of carbonyl (C=O) groups is 3. The molecule has 6 unspecified atom stereocenters. The molecular weight excluding hydrogens is 918 g/mol. The van der Waals surface area contributed by atoms with E-state index in [0.717, 1.165) is 106 Å². The Balaban J connectivity index is 0.000000160. The highest BCUT2D eigenvalue weighted by atomic mass is 35.5. The van der Waals surface area contributed by atoms with Crippen LogP contribution in [0.25, 0.3) is 0 Å². The molecule has 6 saturated carbocycles. The number of halogens is 3. The number of ether oxygens (including phenoxy) is 3. The van der Waals surface area contributed by atoms with Gasteiger partial charge in [-0.3, -0.25) is 14.4 Å². The van der Waals surface area contributed by atoms with E-state index in [1.54, 1.807) is 12.0 Å². The van der Waals surface area contributed by atoms with Crippen molar-refractivity contribution in [1.29, 1.82) is 15.8 Å². The predicted molar refractivity (Wildman–Crippen MR) is 262 cm³/mol. The number of rotatable bonds is 10. The average molecular weight is 1000 g/mol. The number of amides is 3. The zero-order valence-corrected chi connectivity index (χ0v) is 43.8. The Labute approximate surface area is 421 Å². The summed E-state index contributed by atoms with van der Waals surface area (Å²) in [4.78, 5) is 40.3. The summed E-state index contributed by atoms with van der Waals surface area (Å²) in [5.74, 6) is 4.51. The fourth-order valence-corrected chi connectivity index (χ4v) is 14.7. The van der Waals surface area contributed by atoms with Gasteiger partial charge in [-0.25, -0.2) is 8.78 Å². The molecule has 3 heterocycles. The van der Waals surface area contributed by atoms with Gasteiger partial charge < -0.3 is 40.0 Å². The van der Waals surface area contributed by atoms with Gasteiger partial charge in [-0.05, 0) is 151 Å². The van der Waals surface area contributed by atoms with Crippen molar-refractivity contribution < 1.29 is 37.4 Å². The number of nitrogens with one attached hydrogen (secondary N) is 1. The summed E-state index contributed by atoms with van der Waals surface area (Å²) in [6.07, 6.45) is 15.7. The van der Waals surface area contributed by atoms with E-state index in [-0.39, 0.29) is 72.1 Å². The molecule has 6 aliphatic carbocycles. The number of nitrogens with two attached hydrogens (primary N) is 1. The summed E-state index contributed by atoms with van der Waals surface area (Å²) in [7, 11) is 5.43. The van der Waals surface area contributed by atoms with Gasteiger partial charge >= 0.3 is 0 Å². The Morgan fingerprint density at radius 1 is 0.614 bits per heavy atom. The number of nitrogens with zero attached hydrogens (tertiary/aromatic N) is 6. The van der Waals surface area contributed by atoms with Gasteiger partial charge in [0.25, 0.3) is 0 Å². The lowest BCUT2D eigenvalue weighted by atomic mass is 9.81. The summed E-state index contributed by atoms with van der Waals surface area (Å²) in [6.45, 7) is 9.99. The van der Waals surface area contributed by atoms with Crippen molar-refractivity contribution >= 4 is 29.3 Å². The highest BCUT2D eigenvalue weighted by molar-refractivity contribution is 6.27.